The van der Waals surface area contributed by atoms with E-state index in [2.05, 4.69) is 10.1 Å². The van der Waals surface area contributed by atoms with E-state index >= 15 is 0 Å². The number of hydrogen-bond donors (Lipinski definition) is 1. The Kier molecular flexibility index (Phi) is 4.65. The minimum atomic E-state index is -2.88. The Hall–Kier alpha value is -2.70. The summed E-state index contributed by atoms with van der Waals surface area (Å²) in [4.78, 5) is 10.2. The van der Waals surface area contributed by atoms with E-state index in [1.807, 2.05) is 0 Å². The molecule has 0 fully saturated rings. The van der Waals surface area contributed by atoms with E-state index in [9.17, 15) is 18.9 Å². The number of ether oxygens (including phenoxy) is 1. The molecule has 0 aliphatic heterocycles. The average Bonchev–Trinajstić information content (AvgIpc) is 2.45. The first-order chi connectivity index (χ1) is 10.0. The zero-order chi connectivity index (χ0) is 15.2. The Morgan fingerprint density at radius 1 is 1.19 bits per heavy atom. The molecule has 5 nitrogen and oxygen atoms in total. The predicted molar refractivity (Wildman–Crippen MR) is 73.5 cm³/mol. The topological polar surface area (TPSA) is 64.4 Å². The number of hydrogen-bond acceptors (Lipinski definition) is 4. The van der Waals surface area contributed by atoms with Crippen molar-refractivity contribution in [2.45, 2.75) is 13.2 Å². The van der Waals surface area contributed by atoms with E-state index in [0.29, 0.717) is 17.8 Å². The van der Waals surface area contributed by atoms with Crippen molar-refractivity contribution in [3.05, 3.63) is 64.2 Å². The number of nitro benzene ring substituents is 1. The van der Waals surface area contributed by atoms with Crippen LogP contribution in [0.2, 0.25) is 0 Å². The second-order valence-corrected chi connectivity index (χ2v) is 4.19. The number of halogens is 2. The molecule has 7 heteroatoms. The summed E-state index contributed by atoms with van der Waals surface area (Å²) in [6, 6.07) is 12.3. The second kappa shape index (κ2) is 6.65. The van der Waals surface area contributed by atoms with Gasteiger partial charge in [0.15, 0.2) is 0 Å². The molecule has 0 aliphatic carbocycles. The SMILES string of the molecule is O=[N+]([O-])c1cccc(CNc2cccc(OC(F)F)c2)c1. The van der Waals surface area contributed by atoms with Crippen LogP contribution in [0.5, 0.6) is 5.75 Å². The van der Waals surface area contributed by atoms with Crippen molar-refractivity contribution in [3.63, 3.8) is 0 Å². The van der Waals surface area contributed by atoms with Crippen molar-refractivity contribution >= 4 is 11.4 Å². The van der Waals surface area contributed by atoms with Gasteiger partial charge in [-0.25, -0.2) is 0 Å². The predicted octanol–water partition coefficient (Wildman–Crippen LogP) is 3.81. The number of non-ortho nitro benzene ring substituents is 1. The molecule has 1 N–H and O–H groups in total. The molecule has 110 valence electrons. The Morgan fingerprint density at radius 2 is 1.95 bits per heavy atom. The van der Waals surface area contributed by atoms with Gasteiger partial charge in [0.25, 0.3) is 5.69 Å². The summed E-state index contributed by atoms with van der Waals surface area (Å²) in [5, 5.41) is 13.7. The maximum Gasteiger partial charge on any atom is 0.387 e. The van der Waals surface area contributed by atoms with Gasteiger partial charge >= 0.3 is 6.61 Å². The fraction of sp³-hybridized carbons (Fsp3) is 0.143. The van der Waals surface area contributed by atoms with Gasteiger partial charge in [0, 0.05) is 30.4 Å². The monoisotopic (exact) mass is 294 g/mol. The highest BCUT2D eigenvalue weighted by atomic mass is 19.3. The van der Waals surface area contributed by atoms with Crippen LogP contribution in [-0.4, -0.2) is 11.5 Å². The molecular formula is C14H12F2N2O3. The van der Waals surface area contributed by atoms with Crippen LogP contribution in [0, 0.1) is 10.1 Å². The van der Waals surface area contributed by atoms with Crippen LogP contribution < -0.4 is 10.1 Å². The Morgan fingerprint density at radius 3 is 2.67 bits per heavy atom. The Balaban J connectivity index is 2.02. The maximum absolute atomic E-state index is 12.1. The summed E-state index contributed by atoms with van der Waals surface area (Å²) in [6.45, 7) is -2.54. The van der Waals surface area contributed by atoms with E-state index in [4.69, 9.17) is 0 Å². The molecule has 21 heavy (non-hydrogen) atoms. The van der Waals surface area contributed by atoms with E-state index in [-0.39, 0.29) is 11.4 Å². The van der Waals surface area contributed by atoms with Gasteiger partial charge in [-0.15, -0.1) is 0 Å². The van der Waals surface area contributed by atoms with Crippen LogP contribution in [0.4, 0.5) is 20.2 Å². The van der Waals surface area contributed by atoms with Crippen molar-refractivity contribution in [2.24, 2.45) is 0 Å². The molecule has 0 spiro atoms. The maximum atomic E-state index is 12.1. The largest absolute Gasteiger partial charge is 0.435 e. The number of nitro groups is 1. The molecular weight excluding hydrogens is 282 g/mol. The van der Waals surface area contributed by atoms with Gasteiger partial charge < -0.3 is 10.1 Å². The van der Waals surface area contributed by atoms with Crippen LogP contribution in [0.25, 0.3) is 0 Å². The number of anilines is 1. The lowest BCUT2D eigenvalue weighted by molar-refractivity contribution is -0.384. The molecule has 0 bridgehead atoms. The van der Waals surface area contributed by atoms with E-state index in [1.54, 1.807) is 24.3 Å². The molecule has 2 aromatic carbocycles. The summed E-state index contributed by atoms with van der Waals surface area (Å²) in [7, 11) is 0. The zero-order valence-electron chi connectivity index (χ0n) is 10.8. The zero-order valence-corrected chi connectivity index (χ0v) is 10.8. The highest BCUT2D eigenvalue weighted by Gasteiger charge is 2.06. The molecule has 0 saturated carbocycles. The molecule has 0 aromatic heterocycles. The normalized spacial score (nSPS) is 10.4. The third-order valence-electron chi connectivity index (χ3n) is 2.68. The average molecular weight is 294 g/mol. The lowest BCUT2D eigenvalue weighted by Gasteiger charge is -2.09. The van der Waals surface area contributed by atoms with Gasteiger partial charge in [-0.05, 0) is 17.7 Å². The summed E-state index contributed by atoms with van der Waals surface area (Å²) in [5.74, 6) is 0.0500. The molecule has 2 rings (SSSR count). The van der Waals surface area contributed by atoms with Gasteiger partial charge in [-0.3, -0.25) is 10.1 Å². The number of alkyl halides is 2. The van der Waals surface area contributed by atoms with Crippen molar-refractivity contribution in [1.82, 2.24) is 0 Å². The number of benzene rings is 2. The van der Waals surface area contributed by atoms with Gasteiger partial charge in [0.2, 0.25) is 0 Å². The highest BCUT2D eigenvalue weighted by molar-refractivity contribution is 5.49. The number of rotatable bonds is 6. The molecule has 0 unspecified atom stereocenters. The van der Waals surface area contributed by atoms with Gasteiger partial charge in [-0.1, -0.05) is 18.2 Å². The van der Waals surface area contributed by atoms with E-state index < -0.39 is 11.5 Å². The first kappa shape index (κ1) is 14.7. The summed E-state index contributed by atoms with van der Waals surface area (Å²) in [6.07, 6.45) is 0. The lowest BCUT2D eigenvalue weighted by atomic mass is 10.2. The third kappa shape index (κ3) is 4.41. The number of nitrogens with one attached hydrogen (secondary N) is 1. The van der Waals surface area contributed by atoms with E-state index in [1.165, 1.54) is 24.3 Å². The molecule has 2 aromatic rings. The fourth-order valence-corrected chi connectivity index (χ4v) is 1.77. The Labute approximate surface area is 119 Å². The van der Waals surface area contributed by atoms with Crippen LogP contribution in [0.3, 0.4) is 0 Å². The van der Waals surface area contributed by atoms with Gasteiger partial charge in [0.05, 0.1) is 4.92 Å². The molecule has 0 atom stereocenters. The number of nitrogens with zero attached hydrogens (tertiary/aromatic N) is 1. The minimum absolute atomic E-state index is 0.00378. The van der Waals surface area contributed by atoms with Gasteiger partial charge in [0.1, 0.15) is 5.75 Å². The first-order valence-corrected chi connectivity index (χ1v) is 6.06. The molecule has 0 heterocycles. The van der Waals surface area contributed by atoms with Crippen LogP contribution in [0.1, 0.15) is 5.56 Å². The van der Waals surface area contributed by atoms with Crippen LogP contribution in [-0.2, 0) is 6.54 Å². The smallest absolute Gasteiger partial charge is 0.387 e. The molecule has 0 saturated heterocycles. The molecule has 0 amide bonds. The van der Waals surface area contributed by atoms with E-state index in [0.717, 1.165) is 0 Å². The van der Waals surface area contributed by atoms with Crippen LogP contribution in [0.15, 0.2) is 48.5 Å². The summed E-state index contributed by atoms with van der Waals surface area (Å²) < 4.78 is 28.5. The fourth-order valence-electron chi connectivity index (χ4n) is 1.77. The van der Waals surface area contributed by atoms with Crippen molar-refractivity contribution in [3.8, 4) is 5.75 Å². The summed E-state index contributed by atoms with van der Waals surface area (Å²) >= 11 is 0. The Bertz CT molecular complexity index is 635. The van der Waals surface area contributed by atoms with Crippen LogP contribution >= 0.6 is 0 Å². The van der Waals surface area contributed by atoms with Crippen molar-refractivity contribution < 1.29 is 18.4 Å². The lowest BCUT2D eigenvalue weighted by Crippen LogP contribution is -2.03. The standard InChI is InChI=1S/C14H12F2N2O3/c15-14(16)21-13-6-2-4-11(8-13)17-9-10-3-1-5-12(7-10)18(19)20/h1-8,14,17H,9H2. The highest BCUT2D eigenvalue weighted by Crippen LogP contribution is 2.20. The van der Waals surface area contributed by atoms with Gasteiger partial charge in [-0.2, -0.15) is 8.78 Å². The van der Waals surface area contributed by atoms with Crippen molar-refractivity contribution in [2.75, 3.05) is 5.32 Å². The summed E-state index contributed by atoms with van der Waals surface area (Å²) in [5.41, 5.74) is 1.30. The second-order valence-electron chi connectivity index (χ2n) is 4.19. The first-order valence-electron chi connectivity index (χ1n) is 6.06. The minimum Gasteiger partial charge on any atom is -0.435 e. The quantitative estimate of drug-likeness (QED) is 0.650. The third-order valence-corrected chi connectivity index (χ3v) is 2.68. The van der Waals surface area contributed by atoms with Crippen molar-refractivity contribution in [1.29, 1.82) is 0 Å². The molecule has 0 aliphatic rings. The molecule has 0 radical (unpaired) electrons.